The number of carbonyl (C=O) groups is 1. The van der Waals surface area contributed by atoms with E-state index in [9.17, 15) is 13.2 Å². The Morgan fingerprint density at radius 3 is 2.16 bits per heavy atom. The van der Waals surface area contributed by atoms with Gasteiger partial charge in [-0.2, -0.15) is 0 Å². The van der Waals surface area contributed by atoms with Crippen molar-refractivity contribution in [1.82, 2.24) is 0 Å². The van der Waals surface area contributed by atoms with Gasteiger partial charge in [0.25, 0.3) is 0 Å². The molecule has 0 bridgehead atoms. The van der Waals surface area contributed by atoms with Crippen LogP contribution in [0, 0.1) is 0 Å². The molecule has 0 radical (unpaired) electrons. The van der Waals surface area contributed by atoms with Gasteiger partial charge in [-0.05, 0) is 60.0 Å². The van der Waals surface area contributed by atoms with Crippen LogP contribution in [-0.4, -0.2) is 21.3 Å². The largest absolute Gasteiger partial charge is 0.497 e. The summed E-state index contributed by atoms with van der Waals surface area (Å²) in [5.74, 6) is 0.418. The molecule has 0 fully saturated rings. The van der Waals surface area contributed by atoms with E-state index in [-0.39, 0.29) is 15.4 Å². The number of Topliss-reactive ketones (excluding diaryl/α,β-unsaturated/α-hetero) is 1. The average molecular weight is 434 g/mol. The summed E-state index contributed by atoms with van der Waals surface area (Å²) in [5.41, 5.74) is 2.77. The van der Waals surface area contributed by atoms with Gasteiger partial charge in [0.1, 0.15) is 10.7 Å². The smallest absolute Gasteiger partial charge is 0.214 e. The van der Waals surface area contributed by atoms with E-state index in [4.69, 9.17) is 4.74 Å². The first-order valence-corrected chi connectivity index (χ1v) is 11.4. The minimum absolute atomic E-state index is 0.113. The number of carbonyl (C=O) groups excluding carboxylic acids is 1. The van der Waals surface area contributed by atoms with Crippen LogP contribution in [0.2, 0.25) is 0 Å². The van der Waals surface area contributed by atoms with Crippen molar-refractivity contribution >= 4 is 27.0 Å². The maximum atomic E-state index is 13.3. The molecule has 1 aliphatic heterocycles. The van der Waals surface area contributed by atoms with Crippen molar-refractivity contribution < 1.29 is 17.9 Å². The lowest BCUT2D eigenvalue weighted by Crippen LogP contribution is -2.25. The Balaban J connectivity index is 1.84. The average Bonchev–Trinajstić information content (AvgIpc) is 2.79. The Bertz CT molecular complexity index is 1260. The Morgan fingerprint density at radius 2 is 1.55 bits per heavy atom. The van der Waals surface area contributed by atoms with E-state index in [0.29, 0.717) is 17.4 Å². The third-order valence-electron chi connectivity index (χ3n) is 5.36. The number of anilines is 2. The van der Waals surface area contributed by atoms with Crippen molar-refractivity contribution in [2.24, 2.45) is 0 Å². The maximum Gasteiger partial charge on any atom is 0.214 e. The molecule has 3 aromatic carbocycles. The summed E-state index contributed by atoms with van der Waals surface area (Å²) in [6, 6.07) is 21.1. The summed E-state index contributed by atoms with van der Waals surface area (Å²) in [7, 11) is -2.44. The van der Waals surface area contributed by atoms with Crippen LogP contribution in [0.5, 0.6) is 5.75 Å². The number of sulfone groups is 1. The number of allylic oxidation sites excluding steroid dienone is 1. The molecule has 5 nitrogen and oxygen atoms in total. The zero-order chi connectivity index (χ0) is 22.2. The maximum absolute atomic E-state index is 13.3. The van der Waals surface area contributed by atoms with Gasteiger partial charge in [0, 0.05) is 17.5 Å². The second kappa shape index (κ2) is 8.04. The molecule has 4 rings (SSSR count). The van der Waals surface area contributed by atoms with Gasteiger partial charge in [0.15, 0.2) is 0 Å². The van der Waals surface area contributed by atoms with Crippen molar-refractivity contribution in [1.29, 1.82) is 0 Å². The topological polar surface area (TPSA) is 63.7 Å². The lowest BCUT2D eigenvalue weighted by molar-refractivity contribution is 0.104. The van der Waals surface area contributed by atoms with Gasteiger partial charge >= 0.3 is 0 Å². The van der Waals surface area contributed by atoms with E-state index < -0.39 is 15.6 Å². The number of methoxy groups -OCH3 is 1. The molecule has 31 heavy (non-hydrogen) atoms. The van der Waals surface area contributed by atoms with Crippen molar-refractivity contribution in [2.75, 3.05) is 12.0 Å². The predicted molar refractivity (Wildman–Crippen MR) is 122 cm³/mol. The number of ketones is 1. The van der Waals surface area contributed by atoms with E-state index in [1.165, 1.54) is 24.9 Å². The van der Waals surface area contributed by atoms with Crippen LogP contribution < -0.4 is 9.64 Å². The lowest BCUT2D eigenvalue weighted by atomic mass is 10.0. The van der Waals surface area contributed by atoms with Crippen LogP contribution in [0.15, 0.2) is 88.8 Å². The molecule has 0 spiro atoms. The third kappa shape index (κ3) is 3.75. The van der Waals surface area contributed by atoms with E-state index >= 15 is 0 Å². The molecule has 0 saturated carbocycles. The van der Waals surface area contributed by atoms with Crippen LogP contribution in [-0.2, 0) is 9.84 Å². The SMILES string of the molecule is COc1ccc(C(=O)C2=CN(c3ccc(C(C)C)cc3)c3ccccc3S2(=O)=O)cc1. The monoisotopic (exact) mass is 433 g/mol. The number of rotatable bonds is 5. The number of hydrogen-bond donors (Lipinski definition) is 0. The predicted octanol–water partition coefficient (Wildman–Crippen LogP) is 5.47. The number of hydrogen-bond acceptors (Lipinski definition) is 5. The van der Waals surface area contributed by atoms with Gasteiger partial charge in [-0.15, -0.1) is 0 Å². The van der Waals surface area contributed by atoms with Gasteiger partial charge in [0.2, 0.25) is 15.6 Å². The summed E-state index contributed by atoms with van der Waals surface area (Å²) in [6.07, 6.45) is 1.43. The highest BCUT2D eigenvalue weighted by Gasteiger charge is 2.36. The van der Waals surface area contributed by atoms with Crippen LogP contribution in [0.3, 0.4) is 0 Å². The van der Waals surface area contributed by atoms with Gasteiger partial charge in [0.05, 0.1) is 17.7 Å². The molecule has 0 atom stereocenters. The van der Waals surface area contributed by atoms with E-state index in [1.54, 1.807) is 47.4 Å². The second-order valence-electron chi connectivity index (χ2n) is 7.64. The zero-order valence-electron chi connectivity index (χ0n) is 17.6. The summed E-state index contributed by atoms with van der Waals surface area (Å²) in [4.78, 5) is 14.8. The second-order valence-corrected chi connectivity index (χ2v) is 9.52. The number of fused-ring (bicyclic) bond motifs is 1. The minimum Gasteiger partial charge on any atom is -0.497 e. The van der Waals surface area contributed by atoms with Crippen molar-refractivity contribution in [3.63, 3.8) is 0 Å². The first-order valence-electron chi connectivity index (χ1n) is 9.97. The standard InChI is InChI=1S/C25H23NO4S/c1-17(2)18-8-12-20(13-9-18)26-16-24(25(27)19-10-14-21(30-3)15-11-19)31(28,29)23-7-5-4-6-22(23)26/h4-17H,1-3H3. The molecule has 0 aliphatic carbocycles. The van der Waals surface area contributed by atoms with Gasteiger partial charge in [-0.25, -0.2) is 8.42 Å². The van der Waals surface area contributed by atoms with Gasteiger partial charge in [-0.3, -0.25) is 4.79 Å². The van der Waals surface area contributed by atoms with Gasteiger partial charge < -0.3 is 9.64 Å². The quantitative estimate of drug-likeness (QED) is 0.500. The van der Waals surface area contributed by atoms with E-state index in [1.807, 2.05) is 24.3 Å². The fourth-order valence-corrected chi connectivity index (χ4v) is 5.10. The highest BCUT2D eigenvalue weighted by molar-refractivity contribution is 7.96. The summed E-state index contributed by atoms with van der Waals surface area (Å²) in [6.45, 7) is 4.23. The third-order valence-corrected chi connectivity index (χ3v) is 7.16. The first-order chi connectivity index (χ1) is 14.8. The lowest BCUT2D eigenvalue weighted by Gasteiger charge is -2.29. The van der Waals surface area contributed by atoms with Crippen molar-refractivity contribution in [2.45, 2.75) is 24.7 Å². The molecule has 0 saturated heterocycles. The van der Waals surface area contributed by atoms with E-state index in [2.05, 4.69) is 13.8 Å². The number of ether oxygens (including phenoxy) is 1. The first kappa shape index (κ1) is 20.9. The minimum atomic E-state index is -3.97. The molecule has 0 aromatic heterocycles. The Morgan fingerprint density at radius 1 is 0.903 bits per heavy atom. The summed E-state index contributed by atoms with van der Waals surface area (Å²) >= 11 is 0. The number of para-hydroxylation sites is 1. The molecule has 6 heteroatoms. The van der Waals surface area contributed by atoms with Crippen LogP contribution in [0.4, 0.5) is 11.4 Å². The molecule has 0 N–H and O–H groups in total. The van der Waals surface area contributed by atoms with Crippen LogP contribution >= 0.6 is 0 Å². The molecule has 158 valence electrons. The molecule has 0 amide bonds. The highest BCUT2D eigenvalue weighted by Crippen LogP contribution is 2.40. The molecule has 0 unspecified atom stereocenters. The number of benzene rings is 3. The zero-order valence-corrected chi connectivity index (χ0v) is 18.4. The normalized spacial score (nSPS) is 14.7. The Labute approximate surface area is 182 Å². The van der Waals surface area contributed by atoms with Gasteiger partial charge in [-0.1, -0.05) is 38.1 Å². The molecular weight excluding hydrogens is 410 g/mol. The summed E-state index contributed by atoms with van der Waals surface area (Å²) in [5, 5.41) is 0. The van der Waals surface area contributed by atoms with Crippen LogP contribution in [0.1, 0.15) is 35.7 Å². The summed E-state index contributed by atoms with van der Waals surface area (Å²) < 4.78 is 31.8. The fraction of sp³-hybridized carbons (Fsp3) is 0.160. The van der Waals surface area contributed by atoms with Crippen LogP contribution in [0.25, 0.3) is 0 Å². The van der Waals surface area contributed by atoms with Crippen molar-refractivity contribution in [3.8, 4) is 5.75 Å². The van der Waals surface area contributed by atoms with Crippen molar-refractivity contribution in [3.05, 3.63) is 95.0 Å². The molecule has 1 heterocycles. The highest BCUT2D eigenvalue weighted by atomic mass is 32.2. The fourth-order valence-electron chi connectivity index (χ4n) is 3.56. The van der Waals surface area contributed by atoms with E-state index in [0.717, 1.165) is 5.69 Å². The molecule has 1 aliphatic rings. The Hall–Kier alpha value is -3.38. The molecule has 3 aromatic rings. The number of nitrogens with zero attached hydrogens (tertiary/aromatic N) is 1. The Kier molecular flexibility index (Phi) is 5.41. The molecular formula is C25H23NO4S.